The fourth-order valence-corrected chi connectivity index (χ4v) is 5.73. The average molecular weight is 309 g/mol. The summed E-state index contributed by atoms with van der Waals surface area (Å²) in [5.41, 5.74) is 1.92. The zero-order chi connectivity index (χ0) is 16.1. The van der Waals surface area contributed by atoms with E-state index in [0.717, 1.165) is 0 Å². The smallest absolute Gasteiger partial charge is 0.113 e. The van der Waals surface area contributed by atoms with Gasteiger partial charge in [0.05, 0.1) is 11.2 Å². The molecule has 0 saturated heterocycles. The number of thiazole rings is 1. The predicted molar refractivity (Wildman–Crippen MR) is 93.0 cm³/mol. The number of aromatic nitrogens is 1. The Morgan fingerprint density at radius 1 is 1.00 bits per heavy atom. The van der Waals surface area contributed by atoms with E-state index in [2.05, 4.69) is 60.7 Å². The molecule has 1 N–H and O–H groups in total. The first-order valence-corrected chi connectivity index (χ1v) is 8.99. The Hall–Kier alpha value is -0.410. The van der Waals surface area contributed by atoms with Gasteiger partial charge in [-0.25, -0.2) is 4.98 Å². The molecule has 1 aromatic heterocycles. The number of aryl methyl sites for hydroxylation is 2. The molecular formula is C18H32N2S. The first-order chi connectivity index (χ1) is 9.45. The summed E-state index contributed by atoms with van der Waals surface area (Å²) in [5, 5.41) is 5.21. The highest BCUT2D eigenvalue weighted by molar-refractivity contribution is 7.11. The van der Waals surface area contributed by atoms with Gasteiger partial charge in [-0.2, -0.15) is 0 Å². The highest BCUT2D eigenvalue weighted by Gasteiger charge is 2.50. The number of nitrogens with zero attached hydrogens (tertiary/aromatic N) is 1. The lowest BCUT2D eigenvalue weighted by Gasteiger charge is -2.52. The lowest BCUT2D eigenvalue weighted by molar-refractivity contribution is 0.0213. The molecule has 2 nitrogen and oxygen atoms in total. The van der Waals surface area contributed by atoms with Crippen LogP contribution in [0.25, 0.3) is 0 Å². The fraction of sp³-hybridized carbons (Fsp3) is 0.833. The van der Waals surface area contributed by atoms with Gasteiger partial charge in [-0.05, 0) is 57.8 Å². The van der Waals surface area contributed by atoms with Crippen molar-refractivity contribution in [3.05, 3.63) is 15.6 Å². The Bertz CT molecular complexity index is 476. The molecule has 0 atom stereocenters. The maximum Gasteiger partial charge on any atom is 0.113 e. The minimum Gasteiger partial charge on any atom is -0.303 e. The van der Waals surface area contributed by atoms with Gasteiger partial charge in [0, 0.05) is 10.9 Å². The fourth-order valence-electron chi connectivity index (χ4n) is 4.66. The van der Waals surface area contributed by atoms with E-state index in [1.807, 2.05) is 11.3 Å². The first-order valence-electron chi connectivity index (χ1n) is 8.17. The van der Waals surface area contributed by atoms with Crippen molar-refractivity contribution in [2.45, 2.75) is 86.2 Å². The topological polar surface area (TPSA) is 24.9 Å². The van der Waals surface area contributed by atoms with Gasteiger partial charge < -0.3 is 5.32 Å². The Labute approximate surface area is 134 Å². The van der Waals surface area contributed by atoms with Crippen LogP contribution in [0.3, 0.4) is 0 Å². The van der Waals surface area contributed by atoms with E-state index in [1.54, 1.807) is 0 Å². The predicted octanol–water partition coefficient (Wildman–Crippen LogP) is 5.19. The van der Waals surface area contributed by atoms with Crippen LogP contribution in [-0.4, -0.2) is 11.0 Å². The minimum atomic E-state index is 0.0309. The molecule has 1 heterocycles. The van der Waals surface area contributed by atoms with E-state index in [1.165, 1.54) is 34.8 Å². The Balaban J connectivity index is 2.51. The maximum atomic E-state index is 4.95. The maximum absolute atomic E-state index is 4.95. The summed E-state index contributed by atoms with van der Waals surface area (Å²) in [4.78, 5) is 6.30. The molecule has 1 aromatic rings. The Morgan fingerprint density at radius 2 is 1.52 bits per heavy atom. The molecule has 0 aliphatic heterocycles. The van der Waals surface area contributed by atoms with Crippen LogP contribution in [0.5, 0.6) is 0 Å². The second-order valence-electron chi connectivity index (χ2n) is 8.90. The van der Waals surface area contributed by atoms with Crippen LogP contribution in [0.15, 0.2) is 0 Å². The standard InChI is InChI=1S/C18H32N2S/c1-12(2)20-18(15-19-13(3)14(4)21-15)10-16(5,6)9-17(7,8)11-18/h12,20H,9-11H2,1-8H3. The molecule has 21 heavy (non-hydrogen) atoms. The Kier molecular flexibility index (Phi) is 4.31. The zero-order valence-corrected chi connectivity index (χ0v) is 15.9. The second-order valence-corrected chi connectivity index (χ2v) is 10.1. The van der Waals surface area contributed by atoms with Crippen molar-refractivity contribution in [2.75, 3.05) is 0 Å². The van der Waals surface area contributed by atoms with Crippen molar-refractivity contribution in [3.8, 4) is 0 Å². The highest BCUT2D eigenvalue weighted by atomic mass is 32.1. The van der Waals surface area contributed by atoms with E-state index in [9.17, 15) is 0 Å². The SMILES string of the molecule is Cc1nc(C2(NC(C)C)CC(C)(C)CC(C)(C)C2)sc1C. The molecular weight excluding hydrogens is 276 g/mol. The zero-order valence-electron chi connectivity index (χ0n) is 15.1. The third kappa shape index (κ3) is 3.68. The normalized spacial score (nSPS) is 23.5. The van der Waals surface area contributed by atoms with Crippen LogP contribution >= 0.6 is 11.3 Å². The lowest BCUT2D eigenvalue weighted by atomic mass is 9.58. The van der Waals surface area contributed by atoms with Gasteiger partial charge in [0.15, 0.2) is 0 Å². The van der Waals surface area contributed by atoms with Crippen LogP contribution < -0.4 is 5.32 Å². The second kappa shape index (κ2) is 5.34. The van der Waals surface area contributed by atoms with E-state index in [-0.39, 0.29) is 5.54 Å². The summed E-state index contributed by atoms with van der Waals surface area (Å²) >= 11 is 1.89. The van der Waals surface area contributed by atoms with Crippen LogP contribution in [0.1, 0.15) is 76.4 Å². The molecule has 0 amide bonds. The summed E-state index contributed by atoms with van der Waals surface area (Å²) in [5.74, 6) is 0. The molecule has 0 unspecified atom stereocenters. The van der Waals surface area contributed by atoms with Crippen LogP contribution in [0, 0.1) is 24.7 Å². The molecule has 2 rings (SSSR count). The molecule has 0 bridgehead atoms. The number of rotatable bonds is 3. The van der Waals surface area contributed by atoms with Gasteiger partial charge in [0.25, 0.3) is 0 Å². The quantitative estimate of drug-likeness (QED) is 0.831. The summed E-state index contributed by atoms with van der Waals surface area (Å²) < 4.78 is 0. The molecule has 0 spiro atoms. The van der Waals surface area contributed by atoms with Gasteiger partial charge in [0.1, 0.15) is 5.01 Å². The lowest BCUT2D eigenvalue weighted by Crippen LogP contribution is -2.54. The number of hydrogen-bond acceptors (Lipinski definition) is 3. The van der Waals surface area contributed by atoms with Gasteiger partial charge in [0.2, 0.25) is 0 Å². The third-order valence-electron chi connectivity index (χ3n) is 4.52. The van der Waals surface area contributed by atoms with Crippen molar-refractivity contribution in [1.82, 2.24) is 10.3 Å². The number of hydrogen-bond donors (Lipinski definition) is 1. The monoisotopic (exact) mass is 308 g/mol. The molecule has 1 aliphatic rings. The summed E-state index contributed by atoms with van der Waals surface area (Å²) in [7, 11) is 0. The minimum absolute atomic E-state index is 0.0309. The van der Waals surface area contributed by atoms with Crippen molar-refractivity contribution in [2.24, 2.45) is 10.8 Å². The first kappa shape index (κ1) is 17.0. The van der Waals surface area contributed by atoms with Gasteiger partial charge >= 0.3 is 0 Å². The van der Waals surface area contributed by atoms with Crippen molar-refractivity contribution < 1.29 is 0 Å². The molecule has 1 aliphatic carbocycles. The van der Waals surface area contributed by atoms with E-state index >= 15 is 0 Å². The van der Waals surface area contributed by atoms with Crippen molar-refractivity contribution in [1.29, 1.82) is 0 Å². The third-order valence-corrected chi connectivity index (χ3v) is 5.80. The summed E-state index contributed by atoms with van der Waals surface area (Å²) in [6.45, 7) is 18.5. The van der Waals surface area contributed by atoms with E-state index in [4.69, 9.17) is 4.98 Å². The van der Waals surface area contributed by atoms with E-state index in [0.29, 0.717) is 16.9 Å². The summed E-state index contributed by atoms with van der Waals surface area (Å²) in [6, 6.07) is 0.471. The Morgan fingerprint density at radius 3 is 1.90 bits per heavy atom. The summed E-state index contributed by atoms with van der Waals surface area (Å²) in [6.07, 6.45) is 3.63. The van der Waals surface area contributed by atoms with Gasteiger partial charge in [-0.15, -0.1) is 11.3 Å². The molecule has 3 heteroatoms. The average Bonchev–Trinajstić information content (AvgIpc) is 2.53. The van der Waals surface area contributed by atoms with Gasteiger partial charge in [-0.3, -0.25) is 0 Å². The van der Waals surface area contributed by atoms with Crippen LogP contribution in [-0.2, 0) is 5.54 Å². The highest BCUT2D eigenvalue weighted by Crippen LogP contribution is 2.54. The molecule has 1 saturated carbocycles. The molecule has 0 radical (unpaired) electrons. The van der Waals surface area contributed by atoms with Gasteiger partial charge in [-0.1, -0.05) is 27.7 Å². The van der Waals surface area contributed by atoms with Crippen molar-refractivity contribution in [3.63, 3.8) is 0 Å². The number of nitrogens with one attached hydrogen (secondary N) is 1. The molecule has 0 aromatic carbocycles. The largest absolute Gasteiger partial charge is 0.303 e. The molecule has 120 valence electrons. The molecule has 1 fully saturated rings. The van der Waals surface area contributed by atoms with Crippen LogP contribution in [0.4, 0.5) is 0 Å². The van der Waals surface area contributed by atoms with Crippen LogP contribution in [0.2, 0.25) is 0 Å². The van der Waals surface area contributed by atoms with E-state index < -0.39 is 0 Å². The van der Waals surface area contributed by atoms with Crippen molar-refractivity contribution >= 4 is 11.3 Å².